The first-order valence-electron chi connectivity index (χ1n) is 10.1. The van der Waals surface area contributed by atoms with Crippen LogP contribution in [0.15, 0.2) is 36.5 Å². The van der Waals surface area contributed by atoms with Gasteiger partial charge >= 0.3 is 17.9 Å². The molecule has 0 atom stereocenters. The molecule has 0 saturated heterocycles. The van der Waals surface area contributed by atoms with Gasteiger partial charge in [0.2, 0.25) is 0 Å². The Morgan fingerprint density at radius 2 is 1.55 bits per heavy atom. The van der Waals surface area contributed by atoms with Crippen LogP contribution in [-0.4, -0.2) is 35.7 Å². The van der Waals surface area contributed by atoms with Gasteiger partial charge in [-0.3, -0.25) is 0 Å². The first-order chi connectivity index (χ1) is 13.6. The van der Waals surface area contributed by atoms with Gasteiger partial charge in [0.1, 0.15) is 5.60 Å². The van der Waals surface area contributed by atoms with Crippen LogP contribution in [0.1, 0.15) is 52.4 Å². The van der Waals surface area contributed by atoms with Gasteiger partial charge in [-0.25, -0.2) is 14.4 Å². The lowest BCUT2D eigenvalue weighted by Crippen LogP contribution is -2.58. The monoisotopic (exact) mass is 404 g/mol. The fraction of sp³-hybridized carbons (Fsp3) is 0.609. The molecule has 6 heteroatoms. The molecule has 0 heterocycles. The summed E-state index contributed by atoms with van der Waals surface area (Å²) in [5.41, 5.74) is 0.554. The summed E-state index contributed by atoms with van der Waals surface area (Å²) >= 11 is 0. The number of rotatable bonds is 6. The zero-order valence-electron chi connectivity index (χ0n) is 17.6. The molecule has 4 saturated carbocycles. The maximum atomic E-state index is 11.8. The molecule has 4 rings (SSSR count). The Morgan fingerprint density at radius 1 is 1.03 bits per heavy atom. The standard InChI is InChI=1S/C15H22O2.C8H10O4/c1-9(2)14(16)17-15(3)12-5-10-4-11(7-12)8-13(15)6-10;1-6(8(11)12-2)4-3-5-7(9)10/h10-13H,1,4-8H2,2-3H3;3,5H,1,4H2,2H3,(H,9,10). The molecule has 0 aromatic carbocycles. The van der Waals surface area contributed by atoms with Crippen molar-refractivity contribution in [1.29, 1.82) is 0 Å². The van der Waals surface area contributed by atoms with E-state index in [0.717, 1.165) is 17.9 Å². The van der Waals surface area contributed by atoms with Crippen molar-refractivity contribution < 1.29 is 29.0 Å². The Morgan fingerprint density at radius 3 is 1.97 bits per heavy atom. The van der Waals surface area contributed by atoms with Crippen molar-refractivity contribution in [3.63, 3.8) is 0 Å². The van der Waals surface area contributed by atoms with E-state index in [0.29, 0.717) is 17.4 Å². The number of hydrogen-bond donors (Lipinski definition) is 1. The highest BCUT2D eigenvalue weighted by Crippen LogP contribution is 2.59. The van der Waals surface area contributed by atoms with E-state index in [4.69, 9.17) is 9.84 Å². The molecule has 4 aliphatic rings. The molecule has 0 aromatic rings. The number of hydrogen-bond acceptors (Lipinski definition) is 5. The van der Waals surface area contributed by atoms with Gasteiger partial charge in [-0.05, 0) is 76.0 Å². The zero-order valence-corrected chi connectivity index (χ0v) is 17.6. The van der Waals surface area contributed by atoms with E-state index < -0.39 is 11.9 Å². The molecule has 4 aliphatic carbocycles. The average molecular weight is 405 g/mol. The fourth-order valence-electron chi connectivity index (χ4n) is 5.10. The topological polar surface area (TPSA) is 89.9 Å². The number of carboxylic acid groups (broad SMARTS) is 1. The second-order valence-corrected chi connectivity index (χ2v) is 8.70. The molecule has 160 valence electrons. The molecule has 0 radical (unpaired) electrons. The summed E-state index contributed by atoms with van der Waals surface area (Å²) in [6, 6.07) is 0. The van der Waals surface area contributed by atoms with Gasteiger partial charge in [0.15, 0.2) is 0 Å². The molecule has 0 unspecified atom stereocenters. The van der Waals surface area contributed by atoms with Crippen LogP contribution in [0, 0.1) is 23.7 Å². The minimum absolute atomic E-state index is 0.193. The van der Waals surface area contributed by atoms with Gasteiger partial charge in [0, 0.05) is 17.2 Å². The number of allylic oxidation sites excluding steroid dienone is 1. The van der Waals surface area contributed by atoms with E-state index in [-0.39, 0.29) is 23.6 Å². The lowest BCUT2D eigenvalue weighted by molar-refractivity contribution is -0.199. The van der Waals surface area contributed by atoms with Gasteiger partial charge in [-0.1, -0.05) is 19.2 Å². The third kappa shape index (κ3) is 5.58. The first-order valence-corrected chi connectivity index (χ1v) is 10.1. The van der Waals surface area contributed by atoms with Crippen molar-refractivity contribution >= 4 is 17.9 Å². The predicted molar refractivity (Wildman–Crippen MR) is 109 cm³/mol. The van der Waals surface area contributed by atoms with Crippen LogP contribution in [0.25, 0.3) is 0 Å². The number of aliphatic carboxylic acids is 1. The number of esters is 2. The molecule has 4 bridgehead atoms. The van der Waals surface area contributed by atoms with Crippen molar-refractivity contribution in [2.75, 3.05) is 7.11 Å². The third-order valence-electron chi connectivity index (χ3n) is 6.52. The molecule has 0 aliphatic heterocycles. The highest BCUT2D eigenvalue weighted by atomic mass is 16.6. The van der Waals surface area contributed by atoms with Crippen LogP contribution in [0.5, 0.6) is 0 Å². The largest absolute Gasteiger partial charge is 0.478 e. The number of carbonyl (C=O) groups is 3. The lowest BCUT2D eigenvalue weighted by atomic mass is 9.50. The highest BCUT2D eigenvalue weighted by Gasteiger charge is 2.57. The van der Waals surface area contributed by atoms with Crippen LogP contribution >= 0.6 is 0 Å². The van der Waals surface area contributed by atoms with E-state index in [1.165, 1.54) is 45.3 Å². The summed E-state index contributed by atoms with van der Waals surface area (Å²) in [5.74, 6) is 1.25. The Hall–Kier alpha value is -2.37. The van der Waals surface area contributed by atoms with Gasteiger partial charge in [-0.15, -0.1) is 0 Å². The Kier molecular flexibility index (Phi) is 7.44. The van der Waals surface area contributed by atoms with Crippen molar-refractivity contribution in [3.05, 3.63) is 36.5 Å². The molecule has 0 spiro atoms. The second kappa shape index (κ2) is 9.42. The maximum Gasteiger partial charge on any atom is 0.333 e. The summed E-state index contributed by atoms with van der Waals surface area (Å²) in [6.45, 7) is 11.0. The lowest BCUT2D eigenvalue weighted by Gasteiger charge is -2.59. The average Bonchev–Trinajstić information content (AvgIpc) is 2.65. The molecular formula is C23H32O6. The van der Waals surface area contributed by atoms with Crippen LogP contribution in [0.4, 0.5) is 0 Å². The van der Waals surface area contributed by atoms with Crippen molar-refractivity contribution in [1.82, 2.24) is 0 Å². The second-order valence-electron chi connectivity index (χ2n) is 8.70. The quantitative estimate of drug-likeness (QED) is 0.530. The third-order valence-corrected chi connectivity index (χ3v) is 6.52. The molecule has 1 N–H and O–H groups in total. The number of carbonyl (C=O) groups excluding carboxylic acids is 2. The van der Waals surface area contributed by atoms with Gasteiger partial charge in [-0.2, -0.15) is 0 Å². The maximum absolute atomic E-state index is 11.8. The first kappa shape index (κ1) is 22.9. The molecule has 0 aromatic heterocycles. The normalized spacial score (nSPS) is 31.6. The highest BCUT2D eigenvalue weighted by molar-refractivity contribution is 5.88. The minimum Gasteiger partial charge on any atom is -0.478 e. The Bertz CT molecular complexity index is 689. The number of methoxy groups -OCH3 is 1. The van der Waals surface area contributed by atoms with E-state index >= 15 is 0 Å². The molecule has 4 fully saturated rings. The van der Waals surface area contributed by atoms with Crippen LogP contribution in [0.2, 0.25) is 0 Å². The predicted octanol–water partition coefficient (Wildman–Crippen LogP) is 4.07. The summed E-state index contributed by atoms with van der Waals surface area (Å²) in [4.78, 5) is 32.5. The molecule has 0 amide bonds. The van der Waals surface area contributed by atoms with E-state index in [1.54, 1.807) is 6.92 Å². The van der Waals surface area contributed by atoms with E-state index in [1.807, 2.05) is 0 Å². The van der Waals surface area contributed by atoms with Crippen LogP contribution < -0.4 is 0 Å². The summed E-state index contributed by atoms with van der Waals surface area (Å²) in [7, 11) is 1.24. The Labute approximate surface area is 172 Å². The van der Waals surface area contributed by atoms with Gasteiger partial charge in [0.25, 0.3) is 0 Å². The number of ether oxygens (including phenoxy) is 2. The van der Waals surface area contributed by atoms with E-state index in [9.17, 15) is 14.4 Å². The summed E-state index contributed by atoms with van der Waals surface area (Å²) < 4.78 is 10.2. The molecule has 6 nitrogen and oxygen atoms in total. The molecular weight excluding hydrogens is 372 g/mol. The van der Waals surface area contributed by atoms with E-state index in [2.05, 4.69) is 24.8 Å². The van der Waals surface area contributed by atoms with Crippen molar-refractivity contribution in [2.45, 2.75) is 58.0 Å². The molecule has 29 heavy (non-hydrogen) atoms. The SMILES string of the molecule is C=C(C)C(=O)OC1(C)C2CC3CC(C2)CC1C3.C=C(CC=CC(=O)O)C(=O)OC. The van der Waals surface area contributed by atoms with Crippen LogP contribution in [0.3, 0.4) is 0 Å². The fourth-order valence-corrected chi connectivity index (χ4v) is 5.10. The van der Waals surface area contributed by atoms with Gasteiger partial charge in [0.05, 0.1) is 7.11 Å². The summed E-state index contributed by atoms with van der Waals surface area (Å²) in [5, 5.41) is 8.19. The minimum atomic E-state index is -1.05. The van der Waals surface area contributed by atoms with Crippen molar-refractivity contribution in [3.8, 4) is 0 Å². The summed E-state index contributed by atoms with van der Waals surface area (Å²) in [6.07, 6.45) is 8.99. The smallest absolute Gasteiger partial charge is 0.333 e. The Balaban J connectivity index is 0.000000223. The van der Waals surface area contributed by atoms with Crippen LogP contribution in [-0.2, 0) is 23.9 Å². The zero-order chi connectivity index (χ0) is 21.8. The van der Waals surface area contributed by atoms with Crippen molar-refractivity contribution in [2.24, 2.45) is 23.7 Å². The van der Waals surface area contributed by atoms with Gasteiger partial charge < -0.3 is 14.6 Å². The number of carboxylic acids is 1.